The molecule has 27 heavy (non-hydrogen) atoms. The van der Waals surface area contributed by atoms with Gasteiger partial charge in [0.25, 0.3) is 0 Å². The van der Waals surface area contributed by atoms with Gasteiger partial charge in [-0.05, 0) is 41.3 Å². The first kappa shape index (κ1) is 19.0. The maximum atomic E-state index is 12.9. The van der Waals surface area contributed by atoms with Crippen LogP contribution in [0.15, 0.2) is 12.1 Å². The topological polar surface area (TPSA) is 117 Å². The first-order valence-corrected chi connectivity index (χ1v) is 9.25. The number of carbonyl (C=O) groups is 2. The van der Waals surface area contributed by atoms with Crippen LogP contribution in [0.2, 0.25) is 0 Å². The van der Waals surface area contributed by atoms with Crippen LogP contribution in [-0.4, -0.2) is 73.3 Å². The highest BCUT2D eigenvalue weighted by Crippen LogP contribution is 2.24. The van der Waals surface area contributed by atoms with Crippen LogP contribution < -0.4 is 4.90 Å². The van der Waals surface area contributed by atoms with Crippen LogP contribution in [0.5, 0.6) is 0 Å². The van der Waals surface area contributed by atoms with E-state index >= 15 is 0 Å². The van der Waals surface area contributed by atoms with Gasteiger partial charge in [-0.15, -0.1) is 14.8 Å². The molecule has 0 radical (unpaired) electrons. The molecule has 10 heteroatoms. The molecule has 1 fully saturated rings. The molecule has 1 amide bonds. The van der Waals surface area contributed by atoms with Gasteiger partial charge in [0.15, 0.2) is 11.5 Å². The Bertz CT molecular complexity index is 799. The van der Waals surface area contributed by atoms with Crippen molar-refractivity contribution < 1.29 is 14.7 Å². The van der Waals surface area contributed by atoms with Gasteiger partial charge in [-0.1, -0.05) is 13.8 Å². The van der Waals surface area contributed by atoms with Crippen molar-refractivity contribution in [2.24, 2.45) is 11.8 Å². The van der Waals surface area contributed by atoms with Gasteiger partial charge < -0.3 is 14.9 Å². The van der Waals surface area contributed by atoms with Crippen LogP contribution in [0.3, 0.4) is 0 Å². The van der Waals surface area contributed by atoms with Gasteiger partial charge in [-0.3, -0.25) is 9.59 Å². The summed E-state index contributed by atoms with van der Waals surface area (Å²) in [6.45, 7) is 6.35. The molecule has 2 aromatic heterocycles. The van der Waals surface area contributed by atoms with Crippen molar-refractivity contribution in [2.45, 2.75) is 33.1 Å². The Kier molecular flexibility index (Phi) is 5.82. The Morgan fingerprint density at radius 2 is 2.04 bits per heavy atom. The average molecular weight is 375 g/mol. The van der Waals surface area contributed by atoms with Crippen molar-refractivity contribution in [2.75, 3.05) is 31.1 Å². The normalized spacial score (nSPS) is 15.4. The van der Waals surface area contributed by atoms with E-state index in [9.17, 15) is 9.59 Å². The number of fused-ring (bicyclic) bond motifs is 1. The van der Waals surface area contributed by atoms with Crippen molar-refractivity contribution in [3.05, 3.63) is 12.1 Å². The van der Waals surface area contributed by atoms with Gasteiger partial charge in [0.1, 0.15) is 0 Å². The molecule has 2 aromatic rings. The van der Waals surface area contributed by atoms with E-state index in [4.69, 9.17) is 5.11 Å². The summed E-state index contributed by atoms with van der Waals surface area (Å²) in [4.78, 5) is 27.6. The highest BCUT2D eigenvalue weighted by molar-refractivity contribution is 5.80. The number of aliphatic carboxylic acids is 1. The van der Waals surface area contributed by atoms with Gasteiger partial charge >= 0.3 is 5.97 Å². The molecule has 146 valence electrons. The fourth-order valence-electron chi connectivity index (χ4n) is 3.39. The van der Waals surface area contributed by atoms with E-state index in [0.717, 1.165) is 18.7 Å². The van der Waals surface area contributed by atoms with Crippen LogP contribution >= 0.6 is 0 Å². The molecule has 1 N–H and O–H groups in total. The summed E-state index contributed by atoms with van der Waals surface area (Å²) in [5.74, 6) is 0.190. The lowest BCUT2D eigenvalue weighted by molar-refractivity contribution is -0.140. The van der Waals surface area contributed by atoms with E-state index in [1.54, 1.807) is 4.90 Å². The first-order valence-electron chi connectivity index (χ1n) is 9.25. The second-order valence-corrected chi connectivity index (χ2v) is 7.30. The number of carboxylic acids is 1. The molecule has 0 unspecified atom stereocenters. The van der Waals surface area contributed by atoms with E-state index < -0.39 is 5.97 Å². The standard InChI is InChI=1S/C17H25N7O3/c1-12(2)11-23(10-7-16(25)26)17(27)13-5-8-22(9-6-13)15-4-3-14-18-20-21-24(14)19-15/h3-4,12-13H,5-11H2,1-2H3,(H,25,26). The molecule has 0 atom stereocenters. The van der Waals surface area contributed by atoms with E-state index in [1.165, 1.54) is 4.63 Å². The summed E-state index contributed by atoms with van der Waals surface area (Å²) in [6.07, 6.45) is 1.42. The fourth-order valence-corrected chi connectivity index (χ4v) is 3.39. The van der Waals surface area contributed by atoms with Crippen molar-refractivity contribution >= 4 is 23.3 Å². The highest BCUT2D eigenvalue weighted by atomic mass is 16.4. The van der Waals surface area contributed by atoms with E-state index in [-0.39, 0.29) is 24.8 Å². The lowest BCUT2D eigenvalue weighted by atomic mass is 9.94. The van der Waals surface area contributed by atoms with E-state index in [2.05, 4.69) is 25.5 Å². The number of tetrazole rings is 1. The zero-order valence-corrected chi connectivity index (χ0v) is 15.7. The minimum Gasteiger partial charge on any atom is -0.481 e. The number of carboxylic acid groups (broad SMARTS) is 1. The number of hydrogen-bond donors (Lipinski definition) is 1. The molecule has 0 aromatic carbocycles. The molecule has 1 aliphatic heterocycles. The van der Waals surface area contributed by atoms with Crippen molar-refractivity contribution in [1.29, 1.82) is 0 Å². The molecule has 3 heterocycles. The van der Waals surface area contributed by atoms with Gasteiger partial charge in [-0.2, -0.15) is 0 Å². The number of amides is 1. The largest absolute Gasteiger partial charge is 0.481 e. The number of hydrogen-bond acceptors (Lipinski definition) is 7. The molecule has 10 nitrogen and oxygen atoms in total. The third-order valence-electron chi connectivity index (χ3n) is 4.72. The lowest BCUT2D eigenvalue weighted by Crippen LogP contribution is -2.44. The maximum absolute atomic E-state index is 12.9. The lowest BCUT2D eigenvalue weighted by Gasteiger charge is -2.35. The fraction of sp³-hybridized carbons (Fsp3) is 0.647. The highest BCUT2D eigenvalue weighted by Gasteiger charge is 2.29. The average Bonchev–Trinajstić information content (AvgIpc) is 3.12. The first-order chi connectivity index (χ1) is 12.9. The Morgan fingerprint density at radius 1 is 1.30 bits per heavy atom. The molecule has 1 saturated heterocycles. The van der Waals surface area contributed by atoms with Crippen molar-refractivity contribution in [3.8, 4) is 0 Å². The van der Waals surface area contributed by atoms with Gasteiger partial charge in [0.05, 0.1) is 6.42 Å². The van der Waals surface area contributed by atoms with Crippen LogP contribution in [0.25, 0.3) is 5.65 Å². The van der Waals surface area contributed by atoms with Crippen LogP contribution in [-0.2, 0) is 9.59 Å². The summed E-state index contributed by atoms with van der Waals surface area (Å²) < 4.78 is 1.39. The second kappa shape index (κ2) is 8.28. The quantitative estimate of drug-likeness (QED) is 0.751. The second-order valence-electron chi connectivity index (χ2n) is 7.30. The van der Waals surface area contributed by atoms with Gasteiger partial charge in [0.2, 0.25) is 5.91 Å². The zero-order chi connectivity index (χ0) is 19.4. The molecule has 1 aliphatic rings. The van der Waals surface area contributed by atoms with Gasteiger partial charge in [-0.25, -0.2) is 0 Å². The minimum atomic E-state index is -0.879. The molecule has 3 rings (SSSR count). The number of carbonyl (C=O) groups excluding carboxylic acids is 1. The number of nitrogens with zero attached hydrogens (tertiary/aromatic N) is 7. The van der Waals surface area contributed by atoms with Gasteiger partial charge in [0, 0.05) is 32.1 Å². The van der Waals surface area contributed by atoms with Crippen LogP contribution in [0, 0.1) is 11.8 Å². The monoisotopic (exact) mass is 375 g/mol. The molecule has 0 spiro atoms. The van der Waals surface area contributed by atoms with Crippen molar-refractivity contribution in [1.82, 2.24) is 30.2 Å². The summed E-state index contributed by atoms with van der Waals surface area (Å²) in [6, 6.07) is 3.70. The Balaban J connectivity index is 1.60. The SMILES string of the molecule is CC(C)CN(CCC(=O)O)C(=O)C1CCN(c2ccc3nnnn3n2)CC1. The predicted molar refractivity (Wildman–Crippen MR) is 97.2 cm³/mol. The number of rotatable bonds is 7. The summed E-state index contributed by atoms with van der Waals surface area (Å²) >= 11 is 0. The smallest absolute Gasteiger partial charge is 0.305 e. The molecular weight excluding hydrogens is 350 g/mol. The zero-order valence-electron chi connectivity index (χ0n) is 15.7. The summed E-state index contributed by atoms with van der Waals surface area (Å²) in [5.41, 5.74) is 0.589. The van der Waals surface area contributed by atoms with Crippen LogP contribution in [0.4, 0.5) is 5.82 Å². The molecule has 0 aliphatic carbocycles. The molecule has 0 saturated carbocycles. The Morgan fingerprint density at radius 3 is 2.70 bits per heavy atom. The number of piperidine rings is 1. The predicted octanol–water partition coefficient (Wildman–Crippen LogP) is 0.695. The van der Waals surface area contributed by atoms with Crippen LogP contribution in [0.1, 0.15) is 33.1 Å². The number of anilines is 1. The third kappa shape index (κ3) is 4.69. The molecule has 0 bridgehead atoms. The summed E-state index contributed by atoms with van der Waals surface area (Å²) in [5, 5.41) is 24.6. The van der Waals surface area contributed by atoms with Crippen molar-refractivity contribution in [3.63, 3.8) is 0 Å². The number of aromatic nitrogens is 5. The van der Waals surface area contributed by atoms with E-state index in [0.29, 0.717) is 31.2 Å². The molecular formula is C17H25N7O3. The van der Waals surface area contributed by atoms with E-state index in [1.807, 2.05) is 26.0 Å². The Hall–Kier alpha value is -2.78. The Labute approximate surface area is 157 Å². The third-order valence-corrected chi connectivity index (χ3v) is 4.72. The minimum absolute atomic E-state index is 0.0207. The summed E-state index contributed by atoms with van der Waals surface area (Å²) in [7, 11) is 0. The maximum Gasteiger partial charge on any atom is 0.305 e.